The maximum absolute atomic E-state index is 10.9. The lowest BCUT2D eigenvalue weighted by Gasteiger charge is -2.32. The van der Waals surface area contributed by atoms with Crippen LogP contribution in [0.3, 0.4) is 0 Å². The van der Waals surface area contributed by atoms with Gasteiger partial charge in [-0.1, -0.05) is 6.42 Å². The normalized spacial score (nSPS) is 21.8. The molecule has 12 heavy (non-hydrogen) atoms. The minimum Gasteiger partial charge on any atom is -0.443 e. The Balaban J connectivity index is 2.41. The van der Waals surface area contributed by atoms with Gasteiger partial charge < -0.3 is 10.5 Å². The fraction of sp³-hybridized carbons (Fsp3) is 0.875. The van der Waals surface area contributed by atoms with Crippen molar-refractivity contribution in [1.82, 2.24) is 0 Å². The molecule has 1 aliphatic rings. The maximum atomic E-state index is 10.9. The average Bonchev–Trinajstić information content (AvgIpc) is 2.05. The third-order valence-electron chi connectivity index (χ3n) is 2.18. The van der Waals surface area contributed by atoms with E-state index in [9.17, 15) is 4.79 Å². The Hall–Kier alpha value is -0.610. The molecule has 0 amide bonds. The molecule has 1 fully saturated rings. The van der Waals surface area contributed by atoms with E-state index in [2.05, 4.69) is 0 Å². The highest BCUT2D eigenvalue weighted by molar-refractivity contribution is 5.71. The molecule has 4 heteroatoms. The van der Waals surface area contributed by atoms with Gasteiger partial charge in [-0.2, -0.15) is 0 Å². The lowest BCUT2D eigenvalue weighted by molar-refractivity contribution is -0.160. The fourth-order valence-electron chi connectivity index (χ4n) is 1.52. The molecule has 1 saturated carbocycles. The highest BCUT2D eigenvalue weighted by Crippen LogP contribution is 2.26. The Bertz CT molecular complexity index is 164. The van der Waals surface area contributed by atoms with E-state index in [-0.39, 0.29) is 6.54 Å². The summed E-state index contributed by atoms with van der Waals surface area (Å²) < 4.78 is 5.04. The second-order valence-corrected chi connectivity index (χ2v) is 3.30. The molecule has 1 rings (SSSR count). The Labute approximate surface area is 72.2 Å². The van der Waals surface area contributed by atoms with Crippen molar-refractivity contribution in [2.75, 3.05) is 6.54 Å². The minimum atomic E-state index is -0.727. The van der Waals surface area contributed by atoms with Gasteiger partial charge in [-0.05, 0) is 12.8 Å². The largest absolute Gasteiger partial charge is 0.443 e. The van der Waals surface area contributed by atoms with Crippen molar-refractivity contribution < 1.29 is 9.53 Å². The van der Waals surface area contributed by atoms with Crippen molar-refractivity contribution in [3.63, 3.8) is 0 Å². The molecule has 0 heterocycles. The topological polar surface area (TPSA) is 78.3 Å². The second-order valence-electron chi connectivity index (χ2n) is 3.30. The van der Waals surface area contributed by atoms with E-state index in [1.165, 1.54) is 6.42 Å². The van der Waals surface area contributed by atoms with E-state index in [1.54, 1.807) is 0 Å². The van der Waals surface area contributed by atoms with Crippen LogP contribution >= 0.6 is 0 Å². The van der Waals surface area contributed by atoms with E-state index in [0.29, 0.717) is 0 Å². The van der Waals surface area contributed by atoms with Gasteiger partial charge in [0.05, 0.1) is 6.54 Å². The molecule has 0 aromatic heterocycles. The van der Waals surface area contributed by atoms with Crippen molar-refractivity contribution in [2.45, 2.75) is 37.8 Å². The van der Waals surface area contributed by atoms with Gasteiger partial charge in [0.25, 0.3) is 0 Å². The first-order valence-electron chi connectivity index (χ1n) is 4.37. The monoisotopic (exact) mass is 172 g/mol. The highest BCUT2D eigenvalue weighted by atomic mass is 16.6. The zero-order valence-corrected chi connectivity index (χ0v) is 7.21. The van der Waals surface area contributed by atoms with Crippen LogP contribution in [0.15, 0.2) is 0 Å². The van der Waals surface area contributed by atoms with E-state index in [0.717, 1.165) is 25.7 Å². The minimum absolute atomic E-state index is 0.0844. The standard InChI is InChI=1S/C8H16N2O2/c9-6-7(11)12-8(10)4-2-1-3-5-8/h1-6,9-10H2. The Morgan fingerprint density at radius 2 is 1.92 bits per heavy atom. The van der Waals surface area contributed by atoms with Crippen molar-refractivity contribution in [3.05, 3.63) is 0 Å². The van der Waals surface area contributed by atoms with Crippen LogP contribution in [0.25, 0.3) is 0 Å². The number of ether oxygens (including phenoxy) is 1. The highest BCUT2D eigenvalue weighted by Gasteiger charge is 2.30. The summed E-state index contributed by atoms with van der Waals surface area (Å²) in [6.07, 6.45) is 4.78. The van der Waals surface area contributed by atoms with Crippen LogP contribution < -0.4 is 11.5 Å². The van der Waals surface area contributed by atoms with Gasteiger partial charge in [0.1, 0.15) is 0 Å². The lowest BCUT2D eigenvalue weighted by Crippen LogP contribution is -2.47. The summed E-state index contributed by atoms with van der Waals surface area (Å²) in [6, 6.07) is 0. The summed E-state index contributed by atoms with van der Waals surface area (Å²) in [6.45, 7) is -0.0844. The molecule has 0 spiro atoms. The zero-order valence-electron chi connectivity index (χ0n) is 7.21. The Kier molecular flexibility index (Phi) is 3.05. The third-order valence-corrected chi connectivity index (χ3v) is 2.18. The van der Waals surface area contributed by atoms with E-state index >= 15 is 0 Å². The van der Waals surface area contributed by atoms with Gasteiger partial charge >= 0.3 is 5.97 Å². The van der Waals surface area contributed by atoms with Crippen molar-refractivity contribution >= 4 is 5.97 Å². The molecule has 0 saturated heterocycles. The molecule has 0 radical (unpaired) electrons. The summed E-state index contributed by atoms with van der Waals surface area (Å²) in [5, 5.41) is 0. The zero-order chi connectivity index (χ0) is 9.03. The summed E-state index contributed by atoms with van der Waals surface area (Å²) in [5.74, 6) is -0.403. The predicted molar refractivity (Wildman–Crippen MR) is 45.1 cm³/mol. The molecule has 0 aliphatic heterocycles. The van der Waals surface area contributed by atoms with E-state index in [1.807, 2.05) is 0 Å². The predicted octanol–water partition coefficient (Wildman–Crippen LogP) is 0.107. The molecular weight excluding hydrogens is 156 g/mol. The Morgan fingerprint density at radius 1 is 1.33 bits per heavy atom. The molecule has 4 N–H and O–H groups in total. The van der Waals surface area contributed by atoms with Crippen LogP contribution in [0.4, 0.5) is 0 Å². The van der Waals surface area contributed by atoms with Crippen LogP contribution in [-0.2, 0) is 9.53 Å². The van der Waals surface area contributed by atoms with Crippen LogP contribution in [0.1, 0.15) is 32.1 Å². The SMILES string of the molecule is NCC(=O)OC1(N)CCCCC1. The van der Waals surface area contributed by atoms with Crippen molar-refractivity contribution in [1.29, 1.82) is 0 Å². The molecule has 0 bridgehead atoms. The van der Waals surface area contributed by atoms with Gasteiger partial charge in [-0.15, -0.1) is 0 Å². The molecule has 70 valence electrons. The molecule has 0 aromatic carbocycles. The quantitative estimate of drug-likeness (QED) is 0.457. The first-order chi connectivity index (χ1) is 5.66. The van der Waals surface area contributed by atoms with Crippen molar-refractivity contribution in [2.24, 2.45) is 11.5 Å². The number of carbonyl (C=O) groups is 1. The number of esters is 1. The second kappa shape index (κ2) is 3.87. The number of nitrogens with two attached hydrogens (primary N) is 2. The molecule has 0 atom stereocenters. The van der Waals surface area contributed by atoms with Crippen LogP contribution in [0, 0.1) is 0 Å². The third kappa shape index (κ3) is 2.46. The van der Waals surface area contributed by atoms with Crippen LogP contribution in [-0.4, -0.2) is 18.2 Å². The summed E-state index contributed by atoms with van der Waals surface area (Å²) >= 11 is 0. The smallest absolute Gasteiger partial charge is 0.321 e. The number of hydrogen-bond acceptors (Lipinski definition) is 4. The van der Waals surface area contributed by atoms with Crippen LogP contribution in [0.2, 0.25) is 0 Å². The first kappa shape index (κ1) is 9.48. The lowest BCUT2D eigenvalue weighted by atomic mass is 9.92. The average molecular weight is 172 g/mol. The van der Waals surface area contributed by atoms with Gasteiger partial charge in [0.2, 0.25) is 0 Å². The molecule has 4 nitrogen and oxygen atoms in total. The van der Waals surface area contributed by atoms with E-state index < -0.39 is 11.7 Å². The van der Waals surface area contributed by atoms with Crippen molar-refractivity contribution in [3.8, 4) is 0 Å². The number of rotatable bonds is 2. The van der Waals surface area contributed by atoms with Gasteiger partial charge in [-0.3, -0.25) is 10.5 Å². The molecule has 0 unspecified atom stereocenters. The van der Waals surface area contributed by atoms with Gasteiger partial charge in [0.15, 0.2) is 5.72 Å². The number of carbonyl (C=O) groups excluding carboxylic acids is 1. The van der Waals surface area contributed by atoms with Gasteiger partial charge in [-0.25, -0.2) is 0 Å². The summed E-state index contributed by atoms with van der Waals surface area (Å²) in [7, 11) is 0. The first-order valence-corrected chi connectivity index (χ1v) is 4.37. The summed E-state index contributed by atoms with van der Waals surface area (Å²) in [5.41, 5.74) is 10.2. The Morgan fingerprint density at radius 3 is 2.42 bits per heavy atom. The molecule has 1 aliphatic carbocycles. The van der Waals surface area contributed by atoms with Gasteiger partial charge in [0, 0.05) is 12.8 Å². The fourth-order valence-corrected chi connectivity index (χ4v) is 1.52. The van der Waals surface area contributed by atoms with E-state index in [4.69, 9.17) is 16.2 Å². The summed E-state index contributed by atoms with van der Waals surface area (Å²) in [4.78, 5) is 10.9. The number of hydrogen-bond donors (Lipinski definition) is 2. The molecule has 0 aromatic rings. The van der Waals surface area contributed by atoms with Crippen LogP contribution in [0.5, 0.6) is 0 Å². The molecular formula is C8H16N2O2. The maximum Gasteiger partial charge on any atom is 0.321 e.